The predicted octanol–water partition coefficient (Wildman–Crippen LogP) is 0.287. The van der Waals surface area contributed by atoms with Crippen molar-refractivity contribution in [3.63, 3.8) is 0 Å². The molecule has 0 aliphatic heterocycles. The van der Waals surface area contributed by atoms with Crippen LogP contribution in [-0.4, -0.2) is 45.4 Å². The van der Waals surface area contributed by atoms with E-state index in [4.69, 9.17) is 0 Å². The van der Waals surface area contributed by atoms with Crippen molar-refractivity contribution in [2.75, 3.05) is 0 Å². The number of imide groups is 1. The first kappa shape index (κ1) is 16.2. The van der Waals surface area contributed by atoms with Crippen molar-refractivity contribution < 1.29 is 29.1 Å². The van der Waals surface area contributed by atoms with Crippen LogP contribution in [0.15, 0.2) is 30.3 Å². The molecule has 1 N–H and O–H groups in total. The van der Waals surface area contributed by atoms with Crippen molar-refractivity contribution in [2.24, 2.45) is 0 Å². The second-order valence-corrected chi connectivity index (χ2v) is 4.26. The van der Waals surface area contributed by atoms with Gasteiger partial charge < -0.3 is 5.11 Å². The number of carbonyl (C=O) groups excluding carboxylic acids is 4. The summed E-state index contributed by atoms with van der Waals surface area (Å²) in [7, 11) is 0. The summed E-state index contributed by atoms with van der Waals surface area (Å²) in [5, 5.41) is 9.38. The number of hydrogen-bond donors (Lipinski definition) is 1. The number of carboxylic acid groups (broad SMARTS) is 1. The fourth-order valence-electron chi connectivity index (χ4n) is 1.98. The highest BCUT2D eigenvalue weighted by Crippen LogP contribution is 2.23. The molecular formula is C14H13NO6. The van der Waals surface area contributed by atoms with E-state index in [9.17, 15) is 29.1 Å². The molecule has 2 amide bonds. The zero-order chi connectivity index (χ0) is 16.2. The third kappa shape index (κ3) is 2.58. The topological polar surface area (TPSA) is 109 Å². The monoisotopic (exact) mass is 291 g/mol. The summed E-state index contributed by atoms with van der Waals surface area (Å²) in [6.45, 7) is 1.74. The number of hydrogen-bond acceptors (Lipinski definition) is 5. The van der Waals surface area contributed by atoms with Gasteiger partial charge in [-0.15, -0.1) is 0 Å². The van der Waals surface area contributed by atoms with Crippen molar-refractivity contribution in [1.29, 1.82) is 0 Å². The van der Waals surface area contributed by atoms with Gasteiger partial charge in [0, 0.05) is 12.5 Å². The first-order valence-electron chi connectivity index (χ1n) is 5.89. The molecule has 1 rings (SSSR count). The maximum absolute atomic E-state index is 12.5. The lowest BCUT2D eigenvalue weighted by atomic mass is 9.84. The largest absolute Gasteiger partial charge is 0.479 e. The maximum atomic E-state index is 12.5. The van der Waals surface area contributed by atoms with Crippen LogP contribution >= 0.6 is 0 Å². The number of amides is 2. The van der Waals surface area contributed by atoms with Gasteiger partial charge in [0.25, 0.3) is 5.54 Å². The Labute approximate surface area is 120 Å². The molecule has 7 heteroatoms. The lowest BCUT2D eigenvalue weighted by Crippen LogP contribution is -2.65. The van der Waals surface area contributed by atoms with Crippen LogP contribution in [0, 0.1) is 0 Å². The minimum atomic E-state index is -2.89. The van der Waals surface area contributed by atoms with E-state index in [0.29, 0.717) is 0 Å². The van der Waals surface area contributed by atoms with Crippen molar-refractivity contribution in [1.82, 2.24) is 4.90 Å². The van der Waals surface area contributed by atoms with Gasteiger partial charge in [0.05, 0.1) is 0 Å². The number of benzene rings is 1. The zero-order valence-corrected chi connectivity index (χ0v) is 11.4. The van der Waals surface area contributed by atoms with E-state index in [1.807, 2.05) is 0 Å². The SMILES string of the molecule is CC(=O)N(C=O)C(C(C)=O)(C(=O)O)C(=O)c1ccccc1. The first-order valence-corrected chi connectivity index (χ1v) is 5.89. The van der Waals surface area contributed by atoms with Gasteiger partial charge in [-0.1, -0.05) is 30.3 Å². The summed E-state index contributed by atoms with van der Waals surface area (Å²) in [5.41, 5.74) is -2.99. The van der Waals surface area contributed by atoms with E-state index < -0.39 is 29.0 Å². The Balaban J connectivity index is 3.62. The Bertz CT molecular complexity index is 593. The van der Waals surface area contributed by atoms with Crippen LogP contribution < -0.4 is 0 Å². The standard InChI is InChI=1S/C14H13NO6/c1-9(17)14(13(20)21,15(8-16)10(2)18)12(19)11-6-4-3-5-7-11/h3-8H,1-2H3,(H,20,21). The van der Waals surface area contributed by atoms with E-state index in [1.54, 1.807) is 6.07 Å². The molecule has 110 valence electrons. The molecule has 1 unspecified atom stereocenters. The molecule has 0 fully saturated rings. The summed E-state index contributed by atoms with van der Waals surface area (Å²) in [4.78, 5) is 58.6. The number of carboxylic acids is 1. The number of aliphatic carboxylic acids is 1. The van der Waals surface area contributed by atoms with Gasteiger partial charge in [0.1, 0.15) is 0 Å². The highest BCUT2D eigenvalue weighted by molar-refractivity contribution is 6.33. The average molecular weight is 291 g/mol. The van der Waals surface area contributed by atoms with Crippen LogP contribution in [-0.2, 0) is 19.2 Å². The van der Waals surface area contributed by atoms with Gasteiger partial charge >= 0.3 is 5.97 Å². The van der Waals surface area contributed by atoms with Crippen molar-refractivity contribution in [3.05, 3.63) is 35.9 Å². The molecule has 0 saturated heterocycles. The number of Topliss-reactive ketones (excluding diaryl/α,β-unsaturated/α-hetero) is 2. The molecule has 21 heavy (non-hydrogen) atoms. The van der Waals surface area contributed by atoms with Crippen molar-refractivity contribution in [2.45, 2.75) is 19.4 Å². The molecule has 0 radical (unpaired) electrons. The van der Waals surface area contributed by atoms with Crippen LogP contribution in [0.4, 0.5) is 0 Å². The molecule has 0 aromatic heterocycles. The molecule has 0 bridgehead atoms. The Morgan fingerprint density at radius 1 is 1.10 bits per heavy atom. The number of nitrogens with zero attached hydrogens (tertiary/aromatic N) is 1. The van der Waals surface area contributed by atoms with E-state index >= 15 is 0 Å². The second-order valence-electron chi connectivity index (χ2n) is 4.26. The van der Waals surface area contributed by atoms with Crippen LogP contribution in [0.1, 0.15) is 24.2 Å². The molecule has 0 aliphatic carbocycles. The highest BCUT2D eigenvalue weighted by atomic mass is 16.4. The Hall–Kier alpha value is -2.83. The Kier molecular flexibility index (Phi) is 4.70. The lowest BCUT2D eigenvalue weighted by Gasteiger charge is -2.32. The van der Waals surface area contributed by atoms with E-state index in [2.05, 4.69) is 0 Å². The summed E-state index contributed by atoms with van der Waals surface area (Å²) >= 11 is 0. The zero-order valence-electron chi connectivity index (χ0n) is 11.4. The van der Waals surface area contributed by atoms with Gasteiger partial charge in [-0.3, -0.25) is 24.1 Å². The minimum absolute atomic E-state index is 0.0943. The second kappa shape index (κ2) is 6.08. The van der Waals surface area contributed by atoms with Crippen LogP contribution in [0.25, 0.3) is 0 Å². The molecule has 1 atom stereocenters. The van der Waals surface area contributed by atoms with Crippen LogP contribution in [0.3, 0.4) is 0 Å². The molecular weight excluding hydrogens is 278 g/mol. The van der Waals surface area contributed by atoms with Crippen LogP contribution in [0.5, 0.6) is 0 Å². The molecule has 1 aromatic rings. The highest BCUT2D eigenvalue weighted by Gasteiger charge is 2.57. The van der Waals surface area contributed by atoms with Gasteiger partial charge in [0.2, 0.25) is 18.1 Å². The van der Waals surface area contributed by atoms with E-state index in [0.717, 1.165) is 13.8 Å². The quantitative estimate of drug-likeness (QED) is 0.458. The molecule has 0 saturated carbocycles. The number of ketones is 2. The molecule has 0 heterocycles. The molecule has 7 nitrogen and oxygen atoms in total. The Morgan fingerprint density at radius 3 is 1.95 bits per heavy atom. The van der Waals surface area contributed by atoms with Crippen molar-refractivity contribution >= 4 is 29.9 Å². The van der Waals surface area contributed by atoms with Crippen molar-refractivity contribution in [3.8, 4) is 0 Å². The van der Waals surface area contributed by atoms with Gasteiger partial charge in [0.15, 0.2) is 5.78 Å². The lowest BCUT2D eigenvalue weighted by molar-refractivity contribution is -0.162. The number of carbonyl (C=O) groups is 5. The van der Waals surface area contributed by atoms with E-state index in [1.165, 1.54) is 24.3 Å². The minimum Gasteiger partial charge on any atom is -0.479 e. The fraction of sp³-hybridized carbons (Fsp3) is 0.214. The molecule has 0 spiro atoms. The average Bonchev–Trinajstić information content (AvgIpc) is 2.43. The Morgan fingerprint density at radius 2 is 1.62 bits per heavy atom. The summed E-state index contributed by atoms with van der Waals surface area (Å²) < 4.78 is 0. The fourth-order valence-corrected chi connectivity index (χ4v) is 1.98. The third-order valence-electron chi connectivity index (χ3n) is 2.99. The maximum Gasteiger partial charge on any atom is 0.346 e. The van der Waals surface area contributed by atoms with Gasteiger partial charge in [-0.2, -0.15) is 0 Å². The van der Waals surface area contributed by atoms with Crippen LogP contribution in [0.2, 0.25) is 0 Å². The normalized spacial score (nSPS) is 12.9. The summed E-state index contributed by atoms with van der Waals surface area (Å²) in [6.07, 6.45) is -0.126. The predicted molar refractivity (Wildman–Crippen MR) is 70.4 cm³/mol. The number of rotatable bonds is 6. The van der Waals surface area contributed by atoms with Gasteiger partial charge in [-0.05, 0) is 6.92 Å². The molecule has 0 aliphatic rings. The summed E-state index contributed by atoms with van der Waals surface area (Å²) in [5.74, 6) is -5.19. The third-order valence-corrected chi connectivity index (χ3v) is 2.99. The smallest absolute Gasteiger partial charge is 0.346 e. The van der Waals surface area contributed by atoms with E-state index in [-0.39, 0.29) is 16.9 Å². The molecule has 1 aromatic carbocycles. The first-order chi connectivity index (χ1) is 9.79. The summed E-state index contributed by atoms with van der Waals surface area (Å²) in [6, 6.07) is 7.13. The van der Waals surface area contributed by atoms with Gasteiger partial charge in [-0.25, -0.2) is 4.79 Å².